The number of halogens is 1. The van der Waals surface area contributed by atoms with Gasteiger partial charge >= 0.3 is 0 Å². The molecule has 1 atom stereocenters. The second kappa shape index (κ2) is 4.86. The molecule has 96 valence electrons. The number of hydrogen-bond donors (Lipinski definition) is 0. The summed E-state index contributed by atoms with van der Waals surface area (Å²) in [5.41, 5.74) is 5.40. The lowest BCUT2D eigenvalue weighted by atomic mass is 9.90. The van der Waals surface area contributed by atoms with Crippen LogP contribution in [0.1, 0.15) is 36.5 Å². The predicted octanol–water partition coefficient (Wildman–Crippen LogP) is 5.52. The predicted molar refractivity (Wildman–Crippen MR) is 82.6 cm³/mol. The van der Waals surface area contributed by atoms with E-state index < -0.39 is 0 Å². The molecule has 0 bridgehead atoms. The van der Waals surface area contributed by atoms with Crippen molar-refractivity contribution in [2.75, 3.05) is 0 Å². The highest BCUT2D eigenvalue weighted by molar-refractivity contribution is 6.30. The van der Waals surface area contributed by atoms with Gasteiger partial charge in [0, 0.05) is 10.9 Å². The molecule has 1 heteroatoms. The highest BCUT2D eigenvalue weighted by atomic mass is 35.5. The van der Waals surface area contributed by atoms with Crippen molar-refractivity contribution in [1.29, 1.82) is 0 Å². The van der Waals surface area contributed by atoms with Gasteiger partial charge in [-0.25, -0.2) is 0 Å². The van der Waals surface area contributed by atoms with E-state index in [1.54, 1.807) is 0 Å². The Morgan fingerprint density at radius 3 is 2.32 bits per heavy atom. The summed E-state index contributed by atoms with van der Waals surface area (Å²) in [4.78, 5) is 0. The van der Waals surface area contributed by atoms with Crippen LogP contribution in [-0.4, -0.2) is 0 Å². The molecule has 0 nitrogen and oxygen atoms in total. The van der Waals surface area contributed by atoms with Crippen LogP contribution in [0.2, 0.25) is 5.02 Å². The molecule has 2 aromatic rings. The Hall–Kier alpha value is -1.53. The zero-order chi connectivity index (χ0) is 13.4. The molecule has 0 aromatic heterocycles. The highest BCUT2D eigenvalue weighted by Crippen LogP contribution is 2.42. The molecule has 0 fully saturated rings. The molecular weight excluding hydrogens is 252 g/mol. The maximum atomic E-state index is 5.98. The van der Waals surface area contributed by atoms with Crippen LogP contribution in [0.15, 0.2) is 54.6 Å². The summed E-state index contributed by atoms with van der Waals surface area (Å²) < 4.78 is 0. The van der Waals surface area contributed by atoms with Gasteiger partial charge in [-0.05, 0) is 40.3 Å². The normalized spacial score (nSPS) is 17.5. The van der Waals surface area contributed by atoms with Crippen LogP contribution in [0.3, 0.4) is 0 Å². The van der Waals surface area contributed by atoms with Crippen LogP contribution >= 0.6 is 11.6 Å². The van der Waals surface area contributed by atoms with Crippen LogP contribution < -0.4 is 0 Å². The lowest BCUT2D eigenvalue weighted by molar-refractivity contribution is 0.584. The van der Waals surface area contributed by atoms with Crippen LogP contribution in [0.5, 0.6) is 0 Å². The summed E-state index contributed by atoms with van der Waals surface area (Å²) in [6, 6.07) is 16.9. The van der Waals surface area contributed by atoms with Crippen LogP contribution in [0, 0.1) is 5.92 Å². The fourth-order valence-electron chi connectivity index (χ4n) is 2.82. The van der Waals surface area contributed by atoms with E-state index in [1.807, 2.05) is 12.1 Å². The fourth-order valence-corrected chi connectivity index (χ4v) is 2.95. The zero-order valence-electron chi connectivity index (χ0n) is 11.2. The average Bonchev–Trinajstić information content (AvgIpc) is 2.79. The largest absolute Gasteiger partial charge is 0.0843 e. The van der Waals surface area contributed by atoms with Gasteiger partial charge in [0.15, 0.2) is 0 Å². The summed E-state index contributed by atoms with van der Waals surface area (Å²) in [7, 11) is 0. The second-order valence-corrected chi connectivity index (χ2v) is 5.88. The molecule has 3 rings (SSSR count). The Morgan fingerprint density at radius 1 is 0.947 bits per heavy atom. The molecule has 0 amide bonds. The van der Waals surface area contributed by atoms with Gasteiger partial charge in [-0.1, -0.05) is 67.9 Å². The molecule has 2 aromatic carbocycles. The van der Waals surface area contributed by atoms with Gasteiger partial charge in [-0.2, -0.15) is 0 Å². The van der Waals surface area contributed by atoms with E-state index in [-0.39, 0.29) is 0 Å². The lowest BCUT2D eigenvalue weighted by Crippen LogP contribution is -2.00. The van der Waals surface area contributed by atoms with Crippen molar-refractivity contribution in [1.82, 2.24) is 0 Å². The van der Waals surface area contributed by atoms with Gasteiger partial charge in [-0.15, -0.1) is 0 Å². The molecular formula is C18H17Cl. The standard InChI is InChI=1S/C18H17Cl/c1-12(2)17-11-18(13-7-9-14(19)10-8-13)16-6-4-3-5-15(16)17/h3-12,17H,1-2H3. The Balaban J connectivity index is 2.11. The Kier molecular flexibility index (Phi) is 3.20. The maximum Gasteiger partial charge on any atom is 0.0406 e. The van der Waals surface area contributed by atoms with E-state index in [2.05, 4.69) is 56.3 Å². The van der Waals surface area contributed by atoms with E-state index in [0.717, 1.165) is 5.02 Å². The van der Waals surface area contributed by atoms with Crippen molar-refractivity contribution in [3.63, 3.8) is 0 Å². The number of fused-ring (bicyclic) bond motifs is 1. The zero-order valence-corrected chi connectivity index (χ0v) is 12.0. The Labute approximate surface area is 119 Å². The van der Waals surface area contributed by atoms with Crippen LogP contribution in [0.4, 0.5) is 0 Å². The molecule has 0 radical (unpaired) electrons. The third-order valence-electron chi connectivity index (χ3n) is 3.83. The number of hydrogen-bond acceptors (Lipinski definition) is 0. The van der Waals surface area contributed by atoms with E-state index in [4.69, 9.17) is 11.6 Å². The van der Waals surface area contributed by atoms with E-state index in [9.17, 15) is 0 Å². The van der Waals surface area contributed by atoms with E-state index in [1.165, 1.54) is 22.3 Å². The Morgan fingerprint density at radius 2 is 1.63 bits per heavy atom. The Bertz CT molecular complexity index is 620. The molecule has 0 spiro atoms. The first-order valence-corrected chi connectivity index (χ1v) is 7.11. The first kappa shape index (κ1) is 12.5. The monoisotopic (exact) mass is 268 g/mol. The van der Waals surface area contributed by atoms with Crippen molar-refractivity contribution >= 4 is 17.2 Å². The average molecular weight is 269 g/mol. The minimum Gasteiger partial charge on any atom is -0.0843 e. The van der Waals surface area contributed by atoms with E-state index in [0.29, 0.717) is 11.8 Å². The molecule has 0 heterocycles. The fraction of sp³-hybridized carbons (Fsp3) is 0.222. The minimum absolute atomic E-state index is 0.516. The summed E-state index contributed by atoms with van der Waals surface area (Å²) in [6.07, 6.45) is 2.40. The first-order chi connectivity index (χ1) is 9.16. The molecule has 19 heavy (non-hydrogen) atoms. The minimum atomic E-state index is 0.516. The van der Waals surface area contributed by atoms with Gasteiger partial charge in [0.2, 0.25) is 0 Å². The summed E-state index contributed by atoms with van der Waals surface area (Å²) in [5, 5.41) is 0.788. The van der Waals surface area contributed by atoms with Gasteiger partial charge in [-0.3, -0.25) is 0 Å². The number of benzene rings is 2. The van der Waals surface area contributed by atoms with E-state index >= 15 is 0 Å². The van der Waals surface area contributed by atoms with Crippen molar-refractivity contribution in [2.45, 2.75) is 19.8 Å². The van der Waals surface area contributed by atoms with Gasteiger partial charge < -0.3 is 0 Å². The van der Waals surface area contributed by atoms with Crippen molar-refractivity contribution in [3.05, 3.63) is 76.3 Å². The molecule has 0 N–H and O–H groups in total. The summed E-state index contributed by atoms with van der Waals surface area (Å²) in [6.45, 7) is 4.56. The van der Waals surface area contributed by atoms with Crippen LogP contribution in [-0.2, 0) is 0 Å². The third-order valence-corrected chi connectivity index (χ3v) is 4.08. The van der Waals surface area contributed by atoms with Gasteiger partial charge in [0.05, 0.1) is 0 Å². The van der Waals surface area contributed by atoms with Crippen molar-refractivity contribution in [2.24, 2.45) is 5.92 Å². The molecule has 0 aliphatic heterocycles. The van der Waals surface area contributed by atoms with Crippen LogP contribution in [0.25, 0.3) is 5.57 Å². The van der Waals surface area contributed by atoms with Crippen molar-refractivity contribution in [3.8, 4) is 0 Å². The third kappa shape index (κ3) is 2.21. The summed E-state index contributed by atoms with van der Waals surface area (Å²) in [5.74, 6) is 1.13. The molecule has 0 saturated heterocycles. The van der Waals surface area contributed by atoms with Crippen molar-refractivity contribution < 1.29 is 0 Å². The highest BCUT2D eigenvalue weighted by Gasteiger charge is 2.25. The quantitative estimate of drug-likeness (QED) is 0.672. The molecule has 1 aliphatic carbocycles. The topological polar surface area (TPSA) is 0 Å². The molecule has 1 aliphatic rings. The second-order valence-electron chi connectivity index (χ2n) is 5.44. The smallest absolute Gasteiger partial charge is 0.0406 e. The number of allylic oxidation sites excluding steroid dienone is 1. The molecule has 0 saturated carbocycles. The summed E-state index contributed by atoms with van der Waals surface area (Å²) >= 11 is 5.98. The number of rotatable bonds is 2. The molecule has 1 unspecified atom stereocenters. The maximum absolute atomic E-state index is 5.98. The van der Waals surface area contributed by atoms with Gasteiger partial charge in [0.1, 0.15) is 0 Å². The van der Waals surface area contributed by atoms with Gasteiger partial charge in [0.25, 0.3) is 0 Å². The lowest BCUT2D eigenvalue weighted by Gasteiger charge is -2.14. The first-order valence-electron chi connectivity index (χ1n) is 6.74. The SMILES string of the molecule is CC(C)C1C=C(c2ccc(Cl)cc2)c2ccccc21.